The van der Waals surface area contributed by atoms with Gasteiger partial charge in [-0.1, -0.05) is 25.5 Å². The van der Waals surface area contributed by atoms with Gasteiger partial charge in [0.05, 0.1) is 0 Å². The average Bonchev–Trinajstić information content (AvgIpc) is 3.01. The van der Waals surface area contributed by atoms with Crippen molar-refractivity contribution in [1.29, 1.82) is 0 Å². The van der Waals surface area contributed by atoms with Crippen LogP contribution in [0.1, 0.15) is 79.6 Å². The predicted molar refractivity (Wildman–Crippen MR) is 112 cm³/mol. The molecule has 0 aromatic carbocycles. The van der Waals surface area contributed by atoms with E-state index in [1.165, 1.54) is 19.4 Å². The fraction of sp³-hybridized carbons (Fsp3) is 0.800. The second-order valence-corrected chi connectivity index (χ2v) is 10.6. The van der Waals surface area contributed by atoms with E-state index in [0.717, 1.165) is 38.5 Å². The number of carbonyl (C=O) groups excluding carboxylic acids is 3. The minimum atomic E-state index is -0.396. The lowest BCUT2D eigenvalue weighted by molar-refractivity contribution is -0.160. The summed E-state index contributed by atoms with van der Waals surface area (Å²) < 4.78 is 11.0. The second-order valence-electron chi connectivity index (χ2n) is 10.6. The maximum Gasteiger partial charge on any atom is 0.302 e. The molecule has 4 aliphatic rings. The molecule has 0 heterocycles. The van der Waals surface area contributed by atoms with Crippen LogP contribution in [0.2, 0.25) is 0 Å². The molecule has 0 aromatic heterocycles. The molecule has 30 heavy (non-hydrogen) atoms. The first-order chi connectivity index (χ1) is 14.1. The van der Waals surface area contributed by atoms with E-state index in [4.69, 9.17) is 9.47 Å². The maximum atomic E-state index is 13.7. The van der Waals surface area contributed by atoms with Crippen LogP contribution in [0.4, 0.5) is 0 Å². The van der Waals surface area contributed by atoms with Gasteiger partial charge in [0.15, 0.2) is 0 Å². The first-order valence-corrected chi connectivity index (χ1v) is 11.6. The molecule has 0 aromatic rings. The molecule has 5 heteroatoms. The van der Waals surface area contributed by atoms with Crippen molar-refractivity contribution in [3.8, 4) is 0 Å². The summed E-state index contributed by atoms with van der Waals surface area (Å²) in [5.74, 6) is 1.22. The number of hydrogen-bond donors (Lipinski definition) is 0. The summed E-state index contributed by atoms with van der Waals surface area (Å²) in [5.41, 5.74) is 1.02. The van der Waals surface area contributed by atoms with Crippen molar-refractivity contribution in [1.82, 2.24) is 0 Å². The van der Waals surface area contributed by atoms with Crippen LogP contribution in [0.3, 0.4) is 0 Å². The topological polar surface area (TPSA) is 69.7 Å². The Kier molecular flexibility index (Phi) is 5.39. The van der Waals surface area contributed by atoms with Crippen LogP contribution in [-0.4, -0.2) is 29.9 Å². The average molecular weight is 417 g/mol. The third kappa shape index (κ3) is 3.23. The van der Waals surface area contributed by atoms with Gasteiger partial charge in [-0.05, 0) is 62.2 Å². The number of fused-ring (bicyclic) bond motifs is 5. The van der Waals surface area contributed by atoms with E-state index in [2.05, 4.69) is 19.9 Å². The lowest BCUT2D eigenvalue weighted by Gasteiger charge is -2.57. The Morgan fingerprint density at radius 3 is 2.47 bits per heavy atom. The van der Waals surface area contributed by atoms with Gasteiger partial charge in [0.25, 0.3) is 0 Å². The Morgan fingerprint density at radius 2 is 1.80 bits per heavy atom. The molecule has 4 rings (SSSR count). The molecule has 0 aliphatic heterocycles. The summed E-state index contributed by atoms with van der Waals surface area (Å²) >= 11 is 0. The van der Waals surface area contributed by atoms with Crippen molar-refractivity contribution in [2.24, 2.45) is 34.5 Å². The summed E-state index contributed by atoms with van der Waals surface area (Å²) in [4.78, 5) is 36.6. The van der Waals surface area contributed by atoms with Gasteiger partial charge in [-0.25, -0.2) is 0 Å². The van der Waals surface area contributed by atoms with E-state index in [1.807, 2.05) is 6.92 Å². The molecule has 3 saturated carbocycles. The largest absolute Gasteiger partial charge is 0.463 e. The molecule has 166 valence electrons. The molecule has 0 N–H and O–H groups in total. The summed E-state index contributed by atoms with van der Waals surface area (Å²) in [6, 6.07) is 0. The Balaban J connectivity index is 1.60. The van der Waals surface area contributed by atoms with Crippen molar-refractivity contribution in [3.05, 3.63) is 11.6 Å². The Morgan fingerprint density at radius 1 is 1.07 bits per heavy atom. The van der Waals surface area contributed by atoms with Gasteiger partial charge in [-0.15, -0.1) is 0 Å². The molecule has 0 saturated heterocycles. The van der Waals surface area contributed by atoms with Crippen molar-refractivity contribution in [2.45, 2.75) is 91.8 Å². The molecule has 8 atom stereocenters. The Bertz CT molecular complexity index is 784. The van der Waals surface area contributed by atoms with Crippen molar-refractivity contribution < 1.29 is 23.9 Å². The van der Waals surface area contributed by atoms with Crippen molar-refractivity contribution >= 4 is 17.7 Å². The number of allylic oxidation sites excluding steroid dienone is 1. The summed E-state index contributed by atoms with van der Waals surface area (Å²) in [6.07, 6.45) is 8.42. The minimum absolute atomic E-state index is 0.0240. The molecule has 5 nitrogen and oxygen atoms in total. The van der Waals surface area contributed by atoms with Crippen LogP contribution in [0.15, 0.2) is 11.6 Å². The highest BCUT2D eigenvalue weighted by Gasteiger charge is 2.63. The zero-order valence-corrected chi connectivity index (χ0v) is 19.0. The quantitative estimate of drug-likeness (QED) is 0.496. The number of ketones is 1. The lowest BCUT2D eigenvalue weighted by atomic mass is 9.47. The first kappa shape index (κ1) is 21.6. The number of ether oxygens (including phenoxy) is 2. The predicted octanol–water partition coefficient (Wildman–Crippen LogP) is 4.63. The van der Waals surface area contributed by atoms with Gasteiger partial charge >= 0.3 is 11.9 Å². The SMILES string of the molecule is CC(=O)OC1CCC2(C)C(=CCC3C2CC(=O)C2(C)C(C(C)OC(C)=O)CCC32)C1. The molecule has 4 aliphatic carbocycles. The molecule has 0 spiro atoms. The third-order valence-electron chi connectivity index (χ3n) is 9.24. The highest BCUT2D eigenvalue weighted by molar-refractivity contribution is 5.87. The molecule has 3 fully saturated rings. The summed E-state index contributed by atoms with van der Waals surface area (Å²) in [7, 11) is 0. The third-order valence-corrected chi connectivity index (χ3v) is 9.24. The van der Waals surface area contributed by atoms with Gasteiger partial charge in [-0.2, -0.15) is 0 Å². The number of rotatable bonds is 3. The van der Waals surface area contributed by atoms with Crippen LogP contribution in [0.25, 0.3) is 0 Å². The summed E-state index contributed by atoms with van der Waals surface area (Å²) in [5, 5.41) is 0. The molecule has 0 bridgehead atoms. The van der Waals surface area contributed by atoms with Gasteiger partial charge in [0.2, 0.25) is 0 Å². The van der Waals surface area contributed by atoms with Crippen LogP contribution >= 0.6 is 0 Å². The summed E-state index contributed by atoms with van der Waals surface area (Å²) in [6.45, 7) is 9.36. The van der Waals surface area contributed by atoms with Crippen molar-refractivity contribution in [3.63, 3.8) is 0 Å². The molecular weight excluding hydrogens is 380 g/mol. The van der Waals surface area contributed by atoms with Crippen LogP contribution in [0, 0.1) is 34.5 Å². The Labute approximate surface area is 179 Å². The lowest BCUT2D eigenvalue weighted by Crippen LogP contribution is -2.55. The highest BCUT2D eigenvalue weighted by Crippen LogP contribution is 2.65. The van der Waals surface area contributed by atoms with Crippen LogP contribution < -0.4 is 0 Å². The Hall–Kier alpha value is -1.65. The standard InChI is InChI=1S/C25H36O5/c1-14(29-15(2)26)20-8-9-21-19-7-6-17-12-18(30-16(3)27)10-11-24(17,4)22(19)13-23(28)25(20,21)5/h6,14,18-22H,7-13H2,1-5H3. The normalized spacial score (nSPS) is 43.6. The first-order valence-electron chi connectivity index (χ1n) is 11.6. The van der Waals surface area contributed by atoms with Crippen LogP contribution in [-0.2, 0) is 23.9 Å². The van der Waals surface area contributed by atoms with E-state index in [0.29, 0.717) is 30.0 Å². The number of esters is 2. The molecule has 0 radical (unpaired) electrons. The van der Waals surface area contributed by atoms with E-state index in [1.54, 1.807) is 0 Å². The minimum Gasteiger partial charge on any atom is -0.463 e. The zero-order chi connectivity index (χ0) is 21.8. The van der Waals surface area contributed by atoms with Gasteiger partial charge < -0.3 is 9.47 Å². The van der Waals surface area contributed by atoms with Crippen molar-refractivity contribution in [2.75, 3.05) is 0 Å². The maximum absolute atomic E-state index is 13.7. The fourth-order valence-corrected chi connectivity index (χ4v) is 7.81. The molecule has 8 unspecified atom stereocenters. The van der Waals surface area contributed by atoms with E-state index in [9.17, 15) is 14.4 Å². The van der Waals surface area contributed by atoms with E-state index >= 15 is 0 Å². The highest BCUT2D eigenvalue weighted by atomic mass is 16.5. The fourth-order valence-electron chi connectivity index (χ4n) is 7.81. The molecular formula is C25H36O5. The number of hydrogen-bond acceptors (Lipinski definition) is 5. The van der Waals surface area contributed by atoms with Crippen LogP contribution in [0.5, 0.6) is 0 Å². The smallest absolute Gasteiger partial charge is 0.302 e. The van der Waals surface area contributed by atoms with E-state index < -0.39 is 5.41 Å². The van der Waals surface area contributed by atoms with E-state index in [-0.39, 0.29) is 35.5 Å². The number of carbonyl (C=O) groups is 3. The number of Topliss-reactive ketones (excluding diaryl/α,β-unsaturated/α-hetero) is 1. The molecule has 0 amide bonds. The van der Waals surface area contributed by atoms with Gasteiger partial charge in [-0.3, -0.25) is 14.4 Å². The monoisotopic (exact) mass is 416 g/mol. The second kappa shape index (κ2) is 7.49. The van der Waals surface area contributed by atoms with Gasteiger partial charge in [0, 0.05) is 38.0 Å². The zero-order valence-electron chi connectivity index (χ0n) is 19.0. The van der Waals surface area contributed by atoms with Gasteiger partial charge in [0.1, 0.15) is 18.0 Å².